The summed E-state index contributed by atoms with van der Waals surface area (Å²) < 4.78 is 10.3. The van der Waals surface area contributed by atoms with Crippen LogP contribution in [-0.4, -0.2) is 37.0 Å². The molecule has 2 aromatic rings. The van der Waals surface area contributed by atoms with E-state index in [4.69, 9.17) is 21.1 Å². The van der Waals surface area contributed by atoms with Crippen molar-refractivity contribution in [3.05, 3.63) is 70.4 Å². The van der Waals surface area contributed by atoms with E-state index in [-0.39, 0.29) is 28.6 Å². The van der Waals surface area contributed by atoms with Gasteiger partial charge in [-0.3, -0.25) is 9.59 Å². The third-order valence-electron chi connectivity index (χ3n) is 4.90. The molecule has 0 atom stereocenters. The maximum Gasteiger partial charge on any atom is 0.338 e. The summed E-state index contributed by atoms with van der Waals surface area (Å²) in [5.74, 6) is -2.46. The van der Waals surface area contributed by atoms with E-state index < -0.39 is 23.8 Å². The molecule has 0 aromatic heterocycles. The Morgan fingerprint density at radius 3 is 2.21 bits per heavy atom. The van der Waals surface area contributed by atoms with Gasteiger partial charge in [-0.1, -0.05) is 44.0 Å². The molecule has 0 bridgehead atoms. The van der Waals surface area contributed by atoms with Gasteiger partial charge in [-0.25, -0.2) is 14.5 Å². The highest BCUT2D eigenvalue weighted by Crippen LogP contribution is 2.31. The van der Waals surface area contributed by atoms with Crippen molar-refractivity contribution in [2.24, 2.45) is 0 Å². The fourth-order valence-electron chi connectivity index (χ4n) is 3.16. The van der Waals surface area contributed by atoms with Gasteiger partial charge in [0.25, 0.3) is 11.8 Å². The minimum atomic E-state index is -0.733. The third kappa shape index (κ3) is 5.63. The van der Waals surface area contributed by atoms with Crippen LogP contribution in [0.4, 0.5) is 11.4 Å². The molecule has 0 spiro atoms. The maximum absolute atomic E-state index is 13.1. The number of rotatable bonds is 10. The Kier molecular flexibility index (Phi) is 8.43. The Labute approximate surface area is 202 Å². The minimum absolute atomic E-state index is 0.137. The SMILES string of the molecule is CCCCOC(=O)c1cccc(NC2=C(Cl)C(=O)N(c3cccc(C(=O)OCCC)c3)C2=O)c1. The number of nitrogens with zero attached hydrogens (tertiary/aromatic N) is 1. The number of esters is 2. The van der Waals surface area contributed by atoms with Crippen molar-refractivity contribution < 1.29 is 28.7 Å². The zero-order valence-corrected chi connectivity index (χ0v) is 19.7. The van der Waals surface area contributed by atoms with Crippen LogP contribution in [0.3, 0.4) is 0 Å². The van der Waals surface area contributed by atoms with Crippen molar-refractivity contribution in [1.82, 2.24) is 0 Å². The van der Waals surface area contributed by atoms with Gasteiger partial charge in [0.05, 0.1) is 30.0 Å². The Hall–Kier alpha value is -3.65. The zero-order valence-electron chi connectivity index (χ0n) is 18.9. The van der Waals surface area contributed by atoms with E-state index in [2.05, 4.69) is 5.32 Å². The molecule has 1 aliphatic heterocycles. The van der Waals surface area contributed by atoms with Crippen LogP contribution in [0.2, 0.25) is 0 Å². The highest BCUT2D eigenvalue weighted by Gasteiger charge is 2.39. The Morgan fingerprint density at radius 1 is 0.882 bits per heavy atom. The third-order valence-corrected chi connectivity index (χ3v) is 5.25. The van der Waals surface area contributed by atoms with Crippen molar-refractivity contribution >= 4 is 46.7 Å². The number of nitrogens with one attached hydrogen (secondary N) is 1. The Morgan fingerprint density at radius 2 is 1.53 bits per heavy atom. The van der Waals surface area contributed by atoms with Gasteiger partial charge in [-0.2, -0.15) is 0 Å². The minimum Gasteiger partial charge on any atom is -0.462 e. The molecule has 34 heavy (non-hydrogen) atoms. The number of carbonyl (C=O) groups excluding carboxylic acids is 4. The monoisotopic (exact) mass is 484 g/mol. The first-order valence-electron chi connectivity index (χ1n) is 11.0. The molecular weight excluding hydrogens is 460 g/mol. The number of hydrogen-bond acceptors (Lipinski definition) is 7. The largest absolute Gasteiger partial charge is 0.462 e. The number of imide groups is 1. The van der Waals surface area contributed by atoms with Gasteiger partial charge in [0.2, 0.25) is 0 Å². The van der Waals surface area contributed by atoms with Crippen LogP contribution in [0.25, 0.3) is 0 Å². The molecule has 0 radical (unpaired) electrons. The second-order valence-electron chi connectivity index (χ2n) is 7.52. The van der Waals surface area contributed by atoms with Crippen molar-refractivity contribution in [1.29, 1.82) is 0 Å². The summed E-state index contributed by atoms with van der Waals surface area (Å²) >= 11 is 6.20. The molecule has 1 heterocycles. The second-order valence-corrected chi connectivity index (χ2v) is 7.89. The van der Waals surface area contributed by atoms with Gasteiger partial charge < -0.3 is 14.8 Å². The second kappa shape index (κ2) is 11.5. The summed E-state index contributed by atoms with van der Waals surface area (Å²) in [6, 6.07) is 12.3. The summed E-state index contributed by atoms with van der Waals surface area (Å²) in [6.07, 6.45) is 2.33. The Bertz CT molecular complexity index is 1140. The molecule has 0 unspecified atom stereocenters. The lowest BCUT2D eigenvalue weighted by molar-refractivity contribution is -0.120. The van der Waals surface area contributed by atoms with E-state index in [0.29, 0.717) is 24.3 Å². The predicted octanol–water partition coefficient (Wildman–Crippen LogP) is 4.65. The van der Waals surface area contributed by atoms with E-state index in [1.165, 1.54) is 24.3 Å². The van der Waals surface area contributed by atoms with Gasteiger partial charge in [0, 0.05) is 5.69 Å². The summed E-state index contributed by atoms with van der Waals surface area (Å²) in [4.78, 5) is 51.1. The van der Waals surface area contributed by atoms with E-state index in [9.17, 15) is 19.2 Å². The molecule has 0 aliphatic carbocycles. The maximum atomic E-state index is 13.1. The van der Waals surface area contributed by atoms with Gasteiger partial charge in [0.15, 0.2) is 0 Å². The smallest absolute Gasteiger partial charge is 0.338 e. The number of hydrogen-bond donors (Lipinski definition) is 1. The number of amides is 2. The lowest BCUT2D eigenvalue weighted by Gasteiger charge is -2.16. The molecule has 1 aliphatic rings. The van der Waals surface area contributed by atoms with Crippen LogP contribution in [0, 0.1) is 0 Å². The van der Waals surface area contributed by atoms with Crippen molar-refractivity contribution in [3.63, 3.8) is 0 Å². The van der Waals surface area contributed by atoms with Crippen LogP contribution in [0.15, 0.2) is 59.3 Å². The standard InChI is InChI=1S/C25H25ClN2O6/c1-3-5-13-34-24(31)16-8-6-10-18(14-16)27-21-20(26)22(29)28(23(21)30)19-11-7-9-17(15-19)25(32)33-12-4-2/h6-11,14-15,27H,3-5,12-13H2,1-2H3. The van der Waals surface area contributed by atoms with Gasteiger partial charge >= 0.3 is 11.9 Å². The van der Waals surface area contributed by atoms with Crippen LogP contribution >= 0.6 is 11.6 Å². The molecule has 9 heteroatoms. The van der Waals surface area contributed by atoms with E-state index >= 15 is 0 Å². The molecule has 8 nitrogen and oxygen atoms in total. The van der Waals surface area contributed by atoms with Crippen LogP contribution in [-0.2, 0) is 19.1 Å². The first-order chi connectivity index (χ1) is 16.4. The normalized spacial score (nSPS) is 13.3. The quantitative estimate of drug-likeness (QED) is 0.297. The van der Waals surface area contributed by atoms with Gasteiger partial charge in [-0.15, -0.1) is 0 Å². The molecule has 0 fully saturated rings. The molecule has 0 saturated carbocycles. The number of halogens is 1. The molecule has 178 valence electrons. The first-order valence-corrected chi connectivity index (χ1v) is 11.3. The molecule has 0 saturated heterocycles. The summed E-state index contributed by atoms with van der Waals surface area (Å²) in [7, 11) is 0. The van der Waals surface area contributed by atoms with Crippen molar-refractivity contribution in [2.45, 2.75) is 33.1 Å². The summed E-state index contributed by atoms with van der Waals surface area (Å²) in [5, 5.41) is 2.53. The molecule has 3 rings (SSSR count). The van der Waals surface area contributed by atoms with Crippen LogP contribution in [0.1, 0.15) is 53.8 Å². The predicted molar refractivity (Wildman–Crippen MR) is 128 cm³/mol. The topological polar surface area (TPSA) is 102 Å². The van der Waals surface area contributed by atoms with Crippen LogP contribution < -0.4 is 10.2 Å². The van der Waals surface area contributed by atoms with Crippen molar-refractivity contribution in [2.75, 3.05) is 23.4 Å². The number of carbonyl (C=O) groups is 4. The van der Waals surface area contributed by atoms with Gasteiger partial charge in [0.1, 0.15) is 10.7 Å². The summed E-state index contributed by atoms with van der Waals surface area (Å²) in [5.41, 5.74) is 0.937. The fourth-order valence-corrected chi connectivity index (χ4v) is 3.37. The average molecular weight is 485 g/mol. The summed E-state index contributed by atoms with van der Waals surface area (Å²) in [6.45, 7) is 4.44. The Balaban J connectivity index is 1.78. The molecule has 2 aromatic carbocycles. The first kappa shape index (κ1) is 25.0. The lowest BCUT2D eigenvalue weighted by atomic mass is 10.2. The zero-order chi connectivity index (χ0) is 24.7. The van der Waals surface area contributed by atoms with E-state index in [1.54, 1.807) is 24.3 Å². The average Bonchev–Trinajstić information content (AvgIpc) is 3.05. The number of benzene rings is 2. The number of ether oxygens (including phenoxy) is 2. The number of anilines is 2. The molecular formula is C25H25ClN2O6. The number of unbranched alkanes of at least 4 members (excludes halogenated alkanes) is 1. The van der Waals surface area contributed by atoms with Crippen LogP contribution in [0.5, 0.6) is 0 Å². The fraction of sp³-hybridized carbons (Fsp3) is 0.280. The highest BCUT2D eigenvalue weighted by atomic mass is 35.5. The van der Waals surface area contributed by atoms with Crippen molar-refractivity contribution in [3.8, 4) is 0 Å². The molecule has 2 amide bonds. The lowest BCUT2D eigenvalue weighted by Crippen LogP contribution is -2.32. The van der Waals surface area contributed by atoms with Gasteiger partial charge in [-0.05, 0) is 49.2 Å². The van der Waals surface area contributed by atoms with E-state index in [1.807, 2.05) is 13.8 Å². The highest BCUT2D eigenvalue weighted by molar-refractivity contribution is 6.53. The van der Waals surface area contributed by atoms with E-state index in [0.717, 1.165) is 17.7 Å². The molecule has 1 N–H and O–H groups in total.